The lowest BCUT2D eigenvalue weighted by Crippen LogP contribution is -2.49. The van der Waals surface area contributed by atoms with Gasteiger partial charge in [-0.3, -0.25) is 9.20 Å². The lowest BCUT2D eigenvalue weighted by atomic mass is 10.2. The van der Waals surface area contributed by atoms with Gasteiger partial charge in [0.15, 0.2) is 4.96 Å². The number of thiazole rings is 1. The fourth-order valence-corrected chi connectivity index (χ4v) is 3.85. The summed E-state index contributed by atoms with van der Waals surface area (Å²) in [7, 11) is 1.67. The minimum absolute atomic E-state index is 0.153. The molecule has 0 atom stereocenters. The van der Waals surface area contributed by atoms with Crippen LogP contribution in [0.1, 0.15) is 5.69 Å². The Morgan fingerprint density at radius 1 is 1.20 bits per heavy atom. The number of hydrogen-bond acceptors (Lipinski definition) is 5. The van der Waals surface area contributed by atoms with E-state index in [4.69, 9.17) is 4.74 Å². The number of methoxy groups -OCH3 is 1. The number of nitrogens with zero attached hydrogens (tertiary/aromatic N) is 4. The molecule has 1 aliphatic rings. The van der Waals surface area contributed by atoms with Crippen LogP contribution in [0, 0.1) is 0 Å². The normalized spacial score (nSPS) is 14.9. The molecule has 1 aromatic carbocycles. The molecular weight excluding hydrogens is 336 g/mol. The zero-order valence-electron chi connectivity index (χ0n) is 14.1. The van der Waals surface area contributed by atoms with Crippen LogP contribution in [0.2, 0.25) is 0 Å². The van der Waals surface area contributed by atoms with E-state index in [2.05, 4.69) is 22.0 Å². The SMILES string of the molecule is COc1ccc(N2CCN(C(=O)Cc3cn4ccsc4n3)CC2)cc1. The van der Waals surface area contributed by atoms with Crippen molar-refractivity contribution in [2.45, 2.75) is 6.42 Å². The molecule has 3 aromatic rings. The highest BCUT2D eigenvalue weighted by atomic mass is 32.1. The van der Waals surface area contributed by atoms with Crippen LogP contribution in [-0.2, 0) is 11.2 Å². The van der Waals surface area contributed by atoms with Gasteiger partial charge in [0.05, 0.1) is 19.2 Å². The number of hydrogen-bond donors (Lipinski definition) is 0. The van der Waals surface area contributed by atoms with E-state index in [1.54, 1.807) is 18.4 Å². The Morgan fingerprint density at radius 2 is 1.96 bits per heavy atom. The minimum atomic E-state index is 0.153. The minimum Gasteiger partial charge on any atom is -0.497 e. The van der Waals surface area contributed by atoms with E-state index in [0.717, 1.165) is 42.6 Å². The van der Waals surface area contributed by atoms with Crippen molar-refractivity contribution < 1.29 is 9.53 Å². The van der Waals surface area contributed by atoms with Gasteiger partial charge in [0.2, 0.25) is 5.91 Å². The number of amides is 1. The first-order valence-electron chi connectivity index (χ1n) is 8.31. The van der Waals surface area contributed by atoms with Crippen molar-refractivity contribution in [1.29, 1.82) is 0 Å². The third-order valence-electron chi connectivity index (χ3n) is 4.55. The molecule has 0 unspecified atom stereocenters. The molecule has 2 aromatic heterocycles. The summed E-state index contributed by atoms with van der Waals surface area (Å²) in [6, 6.07) is 8.07. The molecule has 25 heavy (non-hydrogen) atoms. The van der Waals surface area contributed by atoms with E-state index in [0.29, 0.717) is 6.42 Å². The maximum Gasteiger partial charge on any atom is 0.228 e. The van der Waals surface area contributed by atoms with Crippen molar-refractivity contribution in [3.05, 3.63) is 47.7 Å². The third kappa shape index (κ3) is 3.32. The summed E-state index contributed by atoms with van der Waals surface area (Å²) in [6.07, 6.45) is 4.28. The monoisotopic (exact) mass is 356 g/mol. The molecule has 0 saturated carbocycles. The molecule has 1 aliphatic heterocycles. The molecule has 0 N–H and O–H groups in total. The molecule has 1 saturated heterocycles. The van der Waals surface area contributed by atoms with Gasteiger partial charge in [-0.2, -0.15) is 0 Å². The number of anilines is 1. The second-order valence-corrected chi connectivity index (χ2v) is 6.94. The van der Waals surface area contributed by atoms with E-state index in [-0.39, 0.29) is 5.91 Å². The molecule has 0 aliphatic carbocycles. The summed E-state index contributed by atoms with van der Waals surface area (Å²) in [5, 5.41) is 1.99. The summed E-state index contributed by atoms with van der Waals surface area (Å²) in [4.78, 5) is 22.2. The predicted octanol–water partition coefficient (Wildman–Crippen LogP) is 2.30. The number of fused-ring (bicyclic) bond motifs is 1. The van der Waals surface area contributed by atoms with E-state index in [1.165, 1.54) is 5.69 Å². The molecule has 6 nitrogen and oxygen atoms in total. The van der Waals surface area contributed by atoms with Crippen molar-refractivity contribution in [3.8, 4) is 5.75 Å². The summed E-state index contributed by atoms with van der Waals surface area (Å²) in [5.41, 5.74) is 2.01. The van der Waals surface area contributed by atoms with Gasteiger partial charge in [0.1, 0.15) is 5.75 Å². The lowest BCUT2D eigenvalue weighted by molar-refractivity contribution is -0.130. The van der Waals surface area contributed by atoms with Crippen molar-refractivity contribution in [2.24, 2.45) is 0 Å². The molecule has 1 amide bonds. The van der Waals surface area contributed by atoms with Gasteiger partial charge in [-0.1, -0.05) is 0 Å². The molecule has 4 rings (SSSR count). The number of aromatic nitrogens is 2. The molecule has 1 fully saturated rings. The van der Waals surface area contributed by atoms with E-state index >= 15 is 0 Å². The number of ether oxygens (including phenoxy) is 1. The summed E-state index contributed by atoms with van der Waals surface area (Å²) in [5.74, 6) is 1.01. The van der Waals surface area contributed by atoms with Gasteiger partial charge in [-0.25, -0.2) is 4.98 Å². The highest BCUT2D eigenvalue weighted by molar-refractivity contribution is 7.15. The van der Waals surface area contributed by atoms with Crippen LogP contribution in [-0.4, -0.2) is 53.5 Å². The lowest BCUT2D eigenvalue weighted by Gasteiger charge is -2.36. The van der Waals surface area contributed by atoms with Crippen molar-refractivity contribution in [1.82, 2.24) is 14.3 Å². The zero-order chi connectivity index (χ0) is 17.2. The molecule has 7 heteroatoms. The highest BCUT2D eigenvalue weighted by Gasteiger charge is 2.22. The molecule has 0 bridgehead atoms. The Bertz CT molecular complexity index is 834. The first kappa shape index (κ1) is 16.0. The smallest absolute Gasteiger partial charge is 0.228 e. The average molecular weight is 356 g/mol. The number of rotatable bonds is 4. The Hall–Kier alpha value is -2.54. The summed E-state index contributed by atoms with van der Waals surface area (Å²) >= 11 is 1.58. The molecule has 3 heterocycles. The first-order chi connectivity index (χ1) is 12.2. The maximum atomic E-state index is 12.5. The summed E-state index contributed by atoms with van der Waals surface area (Å²) in [6.45, 7) is 3.17. The van der Waals surface area contributed by atoms with Crippen LogP contribution in [0.25, 0.3) is 4.96 Å². The van der Waals surface area contributed by atoms with Crippen LogP contribution in [0.15, 0.2) is 42.0 Å². The average Bonchev–Trinajstić information content (AvgIpc) is 3.23. The molecule has 0 spiro atoms. The van der Waals surface area contributed by atoms with Gasteiger partial charge >= 0.3 is 0 Å². The van der Waals surface area contributed by atoms with Crippen LogP contribution >= 0.6 is 11.3 Å². The van der Waals surface area contributed by atoms with Gasteiger partial charge in [-0.05, 0) is 24.3 Å². The number of benzene rings is 1. The largest absolute Gasteiger partial charge is 0.497 e. The molecular formula is C18H20N4O2S. The number of imidazole rings is 1. The van der Waals surface area contributed by atoms with Crippen LogP contribution < -0.4 is 9.64 Å². The topological polar surface area (TPSA) is 50.1 Å². The van der Waals surface area contributed by atoms with E-state index in [9.17, 15) is 4.79 Å². The van der Waals surface area contributed by atoms with Crippen LogP contribution in [0.3, 0.4) is 0 Å². The zero-order valence-corrected chi connectivity index (χ0v) is 14.9. The van der Waals surface area contributed by atoms with E-state index < -0.39 is 0 Å². The van der Waals surface area contributed by atoms with Crippen molar-refractivity contribution >= 4 is 27.9 Å². The second kappa shape index (κ2) is 6.76. The Kier molecular flexibility index (Phi) is 4.31. The quantitative estimate of drug-likeness (QED) is 0.720. The molecule has 0 radical (unpaired) electrons. The van der Waals surface area contributed by atoms with Crippen molar-refractivity contribution in [3.63, 3.8) is 0 Å². The Morgan fingerprint density at radius 3 is 2.64 bits per heavy atom. The standard InChI is InChI=1S/C18H20N4O2S/c1-24-16-4-2-15(3-5-16)20-6-8-21(9-7-20)17(23)12-14-13-22-10-11-25-18(22)19-14/h2-5,10-11,13H,6-9,12H2,1H3. The fourth-order valence-electron chi connectivity index (χ4n) is 3.14. The Balaban J connectivity index is 1.34. The first-order valence-corrected chi connectivity index (χ1v) is 9.19. The maximum absolute atomic E-state index is 12.5. The van der Waals surface area contributed by atoms with E-state index in [1.807, 2.05) is 39.2 Å². The van der Waals surface area contributed by atoms with Gasteiger partial charge in [0, 0.05) is 49.6 Å². The van der Waals surface area contributed by atoms with Gasteiger partial charge in [0.25, 0.3) is 0 Å². The van der Waals surface area contributed by atoms with Crippen LogP contribution in [0.5, 0.6) is 5.75 Å². The second-order valence-electron chi connectivity index (χ2n) is 6.07. The summed E-state index contributed by atoms with van der Waals surface area (Å²) < 4.78 is 7.17. The van der Waals surface area contributed by atoms with Gasteiger partial charge < -0.3 is 14.5 Å². The highest BCUT2D eigenvalue weighted by Crippen LogP contribution is 2.21. The van der Waals surface area contributed by atoms with Crippen molar-refractivity contribution in [2.75, 3.05) is 38.2 Å². The molecule has 130 valence electrons. The number of piperazine rings is 1. The fraction of sp³-hybridized carbons (Fsp3) is 0.333. The third-order valence-corrected chi connectivity index (χ3v) is 5.32. The van der Waals surface area contributed by atoms with Gasteiger partial charge in [-0.15, -0.1) is 11.3 Å². The predicted molar refractivity (Wildman–Crippen MR) is 98.6 cm³/mol. The van der Waals surface area contributed by atoms with Crippen LogP contribution in [0.4, 0.5) is 5.69 Å². The number of carbonyl (C=O) groups excluding carboxylic acids is 1. The Labute approximate surface area is 150 Å². The number of carbonyl (C=O) groups is 1.